The molecule has 1 unspecified atom stereocenters. The van der Waals surface area contributed by atoms with Crippen molar-refractivity contribution in [3.8, 4) is 12.3 Å². The minimum atomic E-state index is -1.11. The zero-order chi connectivity index (χ0) is 12.2. The van der Waals surface area contributed by atoms with Crippen molar-refractivity contribution in [1.29, 1.82) is 0 Å². The summed E-state index contributed by atoms with van der Waals surface area (Å²) < 4.78 is 0. The van der Waals surface area contributed by atoms with Gasteiger partial charge in [0, 0.05) is 0 Å². The Morgan fingerprint density at radius 3 is 2.44 bits per heavy atom. The summed E-state index contributed by atoms with van der Waals surface area (Å²) in [6.45, 7) is 1.65. The van der Waals surface area contributed by atoms with Crippen molar-refractivity contribution in [1.82, 2.24) is 10.6 Å². The highest BCUT2D eigenvalue weighted by atomic mass is 16.4. The maximum atomic E-state index is 11.5. The van der Waals surface area contributed by atoms with E-state index in [4.69, 9.17) is 11.5 Å². The lowest BCUT2D eigenvalue weighted by atomic mass is 9.98. The highest BCUT2D eigenvalue weighted by Crippen LogP contribution is 2.29. The lowest BCUT2D eigenvalue weighted by molar-refractivity contribution is -0.144. The Morgan fingerprint density at radius 2 is 2.00 bits per heavy atom. The van der Waals surface area contributed by atoms with Crippen LogP contribution in [0, 0.1) is 12.3 Å². The van der Waals surface area contributed by atoms with Crippen LogP contribution in [-0.4, -0.2) is 28.7 Å². The topological polar surface area (TPSA) is 78.4 Å². The maximum absolute atomic E-state index is 11.5. The van der Waals surface area contributed by atoms with E-state index >= 15 is 0 Å². The Morgan fingerprint density at radius 1 is 1.44 bits per heavy atom. The third-order valence-electron chi connectivity index (χ3n) is 2.82. The van der Waals surface area contributed by atoms with Crippen molar-refractivity contribution in [3.05, 3.63) is 0 Å². The molecule has 2 amide bonds. The van der Waals surface area contributed by atoms with E-state index in [9.17, 15) is 9.59 Å². The Kier molecular flexibility index (Phi) is 3.78. The molecule has 3 N–H and O–H groups in total. The van der Waals surface area contributed by atoms with Gasteiger partial charge in [-0.25, -0.2) is 9.59 Å². The molecule has 0 heterocycles. The van der Waals surface area contributed by atoms with Crippen LogP contribution in [0.4, 0.5) is 4.79 Å². The first kappa shape index (κ1) is 12.4. The molecule has 1 aliphatic rings. The van der Waals surface area contributed by atoms with Crippen molar-refractivity contribution in [2.45, 2.75) is 44.2 Å². The lowest BCUT2D eigenvalue weighted by Crippen LogP contribution is -2.56. The van der Waals surface area contributed by atoms with Crippen LogP contribution in [0.15, 0.2) is 0 Å². The predicted molar refractivity (Wildman–Crippen MR) is 58.8 cm³/mol. The number of hydrogen-bond donors (Lipinski definition) is 3. The zero-order valence-corrected chi connectivity index (χ0v) is 9.25. The molecule has 0 aromatic heterocycles. The molecule has 0 saturated heterocycles. The van der Waals surface area contributed by atoms with Crippen LogP contribution >= 0.6 is 0 Å². The first-order chi connectivity index (χ1) is 7.50. The van der Waals surface area contributed by atoms with E-state index in [-0.39, 0.29) is 0 Å². The fourth-order valence-corrected chi connectivity index (χ4v) is 1.86. The van der Waals surface area contributed by atoms with E-state index in [0.29, 0.717) is 12.8 Å². The minimum absolute atomic E-state index is 0.410. The van der Waals surface area contributed by atoms with Gasteiger partial charge in [0.1, 0.15) is 5.54 Å². The zero-order valence-electron chi connectivity index (χ0n) is 9.25. The van der Waals surface area contributed by atoms with Gasteiger partial charge in [-0.1, -0.05) is 18.8 Å². The summed E-state index contributed by atoms with van der Waals surface area (Å²) >= 11 is 0. The third-order valence-corrected chi connectivity index (χ3v) is 2.82. The Labute approximate surface area is 94.6 Å². The summed E-state index contributed by atoms with van der Waals surface area (Å²) in [5.41, 5.74) is -1.11. The van der Waals surface area contributed by atoms with Crippen LogP contribution in [0.25, 0.3) is 0 Å². The fraction of sp³-hybridized carbons (Fsp3) is 0.636. The molecule has 0 bridgehead atoms. The summed E-state index contributed by atoms with van der Waals surface area (Å²) in [5.74, 6) is 1.36. The van der Waals surface area contributed by atoms with Crippen LogP contribution in [0.5, 0.6) is 0 Å². The van der Waals surface area contributed by atoms with Gasteiger partial charge >= 0.3 is 12.0 Å². The molecule has 1 aliphatic carbocycles. The lowest BCUT2D eigenvalue weighted by Gasteiger charge is -2.25. The summed E-state index contributed by atoms with van der Waals surface area (Å²) in [4.78, 5) is 22.6. The summed E-state index contributed by atoms with van der Waals surface area (Å²) in [6.07, 6.45) is 7.69. The highest BCUT2D eigenvalue weighted by molar-refractivity contribution is 5.86. The molecule has 1 saturated carbocycles. The highest BCUT2D eigenvalue weighted by Gasteiger charge is 2.42. The van der Waals surface area contributed by atoms with Gasteiger partial charge in [-0.15, -0.1) is 6.42 Å². The number of aliphatic carboxylic acids is 1. The number of nitrogens with one attached hydrogen (secondary N) is 2. The number of amides is 2. The number of carbonyl (C=O) groups is 2. The quantitative estimate of drug-likeness (QED) is 0.617. The van der Waals surface area contributed by atoms with Crippen molar-refractivity contribution in [3.63, 3.8) is 0 Å². The number of terminal acetylenes is 1. The van der Waals surface area contributed by atoms with Crippen LogP contribution in [0.2, 0.25) is 0 Å². The first-order valence-corrected chi connectivity index (χ1v) is 5.28. The molecule has 0 aromatic rings. The van der Waals surface area contributed by atoms with Crippen molar-refractivity contribution in [2.24, 2.45) is 0 Å². The van der Waals surface area contributed by atoms with E-state index in [2.05, 4.69) is 16.6 Å². The third kappa shape index (κ3) is 2.66. The molecular weight excluding hydrogens is 208 g/mol. The number of carboxylic acids is 1. The van der Waals surface area contributed by atoms with Crippen LogP contribution in [0.3, 0.4) is 0 Å². The first-order valence-electron chi connectivity index (χ1n) is 5.28. The maximum Gasteiger partial charge on any atom is 0.329 e. The molecule has 0 aliphatic heterocycles. The molecule has 5 nitrogen and oxygen atoms in total. The van der Waals surface area contributed by atoms with Gasteiger partial charge in [0.15, 0.2) is 0 Å². The number of hydrogen-bond acceptors (Lipinski definition) is 2. The molecule has 88 valence electrons. The number of carboxylic acid groups (broad SMARTS) is 1. The van der Waals surface area contributed by atoms with Crippen molar-refractivity contribution >= 4 is 12.0 Å². The van der Waals surface area contributed by atoms with E-state index in [1.54, 1.807) is 6.92 Å². The minimum Gasteiger partial charge on any atom is -0.480 e. The number of rotatable bonds is 3. The second kappa shape index (κ2) is 4.88. The predicted octanol–water partition coefficient (Wildman–Crippen LogP) is 0.705. The molecule has 1 fully saturated rings. The number of carbonyl (C=O) groups excluding carboxylic acids is 1. The van der Waals surface area contributed by atoms with Gasteiger partial charge in [-0.05, 0) is 19.8 Å². The normalized spacial score (nSPS) is 19.5. The van der Waals surface area contributed by atoms with Crippen LogP contribution in [-0.2, 0) is 4.79 Å². The van der Waals surface area contributed by atoms with Crippen LogP contribution in [0.1, 0.15) is 32.6 Å². The van der Waals surface area contributed by atoms with Crippen molar-refractivity contribution < 1.29 is 14.7 Å². The van der Waals surface area contributed by atoms with E-state index in [0.717, 1.165) is 12.8 Å². The van der Waals surface area contributed by atoms with Gasteiger partial charge in [-0.2, -0.15) is 0 Å². The molecule has 0 aromatic carbocycles. The van der Waals surface area contributed by atoms with E-state index < -0.39 is 23.6 Å². The van der Waals surface area contributed by atoms with Gasteiger partial charge in [0.2, 0.25) is 0 Å². The summed E-state index contributed by atoms with van der Waals surface area (Å²) in [7, 11) is 0. The van der Waals surface area contributed by atoms with Crippen LogP contribution < -0.4 is 10.6 Å². The molecule has 1 rings (SSSR count). The SMILES string of the molecule is C#CC(C)NC(=O)NC1(C(=O)O)CCCC1. The van der Waals surface area contributed by atoms with E-state index in [1.807, 2.05) is 0 Å². The second-order valence-corrected chi connectivity index (χ2v) is 4.08. The summed E-state index contributed by atoms with van der Waals surface area (Å²) in [5, 5.41) is 14.1. The van der Waals surface area contributed by atoms with Gasteiger partial charge in [0.25, 0.3) is 0 Å². The Hall–Kier alpha value is -1.70. The van der Waals surface area contributed by atoms with Gasteiger partial charge < -0.3 is 15.7 Å². The summed E-state index contributed by atoms with van der Waals surface area (Å²) in [6, 6.07) is -0.929. The average molecular weight is 224 g/mol. The van der Waals surface area contributed by atoms with E-state index in [1.165, 1.54) is 0 Å². The molecule has 1 atom stereocenters. The second-order valence-electron chi connectivity index (χ2n) is 4.08. The standard InChI is InChI=1S/C11H16N2O3/c1-3-8(2)12-10(16)13-11(9(14)15)6-4-5-7-11/h1,8H,4-7H2,2H3,(H,14,15)(H2,12,13,16). The molecule has 16 heavy (non-hydrogen) atoms. The Bertz CT molecular complexity index is 327. The molecular formula is C11H16N2O3. The smallest absolute Gasteiger partial charge is 0.329 e. The largest absolute Gasteiger partial charge is 0.480 e. The molecule has 5 heteroatoms. The Balaban J connectivity index is 2.60. The van der Waals surface area contributed by atoms with Crippen molar-refractivity contribution in [2.75, 3.05) is 0 Å². The number of urea groups is 1. The fourth-order valence-electron chi connectivity index (χ4n) is 1.86. The molecule has 0 spiro atoms. The monoisotopic (exact) mass is 224 g/mol. The van der Waals surface area contributed by atoms with Gasteiger partial charge in [0.05, 0.1) is 6.04 Å². The van der Waals surface area contributed by atoms with Gasteiger partial charge in [-0.3, -0.25) is 0 Å². The average Bonchev–Trinajstić information content (AvgIpc) is 2.67. The molecule has 0 radical (unpaired) electrons.